The number of nitrogens with one attached hydrogen (secondary N) is 2. The molecule has 1 aromatic carbocycles. The average molecular weight is 440 g/mol. The molecule has 2 N–H and O–H groups in total. The standard InChI is InChI=1S/C24H33N5O3/c30-22-21(7-3-4-12-28(22)15-17-8-9-17)26-23(31)27-13-10-19(11-14-27)29-16-18-5-1-2-6-20(18)25-24(29)32/h1-2,5-6,17,19,21H,3-4,7-16H2,(H,25,32)(H,26,31)/t21-/m1/s1. The van der Waals surface area contributed by atoms with Crippen LogP contribution in [-0.2, 0) is 11.3 Å². The van der Waals surface area contributed by atoms with Gasteiger partial charge in [-0.25, -0.2) is 9.59 Å². The van der Waals surface area contributed by atoms with Crippen molar-refractivity contribution >= 4 is 23.7 Å². The van der Waals surface area contributed by atoms with Crippen molar-refractivity contribution in [1.82, 2.24) is 20.0 Å². The molecule has 8 heteroatoms. The maximum Gasteiger partial charge on any atom is 0.322 e. The molecule has 0 bridgehead atoms. The SMILES string of the molecule is O=C(N[C@@H]1CCCCN(CC2CC2)C1=O)N1CCC(N2Cc3ccccc3NC2=O)CC1. The summed E-state index contributed by atoms with van der Waals surface area (Å²) < 4.78 is 0. The van der Waals surface area contributed by atoms with Crippen LogP contribution in [0.1, 0.15) is 50.5 Å². The summed E-state index contributed by atoms with van der Waals surface area (Å²) in [6.45, 7) is 3.45. The van der Waals surface area contributed by atoms with Gasteiger partial charge in [-0.15, -0.1) is 0 Å². The lowest BCUT2D eigenvalue weighted by Crippen LogP contribution is -2.55. The van der Waals surface area contributed by atoms with Gasteiger partial charge in [0.2, 0.25) is 5.91 Å². The Hall–Kier alpha value is -2.77. The Morgan fingerprint density at radius 3 is 2.56 bits per heavy atom. The van der Waals surface area contributed by atoms with Crippen LogP contribution in [0.15, 0.2) is 24.3 Å². The molecule has 3 aliphatic heterocycles. The van der Waals surface area contributed by atoms with Gasteiger partial charge in [-0.1, -0.05) is 18.2 Å². The van der Waals surface area contributed by atoms with E-state index in [0.29, 0.717) is 25.6 Å². The molecule has 2 saturated heterocycles. The van der Waals surface area contributed by atoms with E-state index in [9.17, 15) is 14.4 Å². The van der Waals surface area contributed by atoms with Gasteiger partial charge in [-0.05, 0) is 62.5 Å². The first-order chi connectivity index (χ1) is 15.6. The van der Waals surface area contributed by atoms with Crippen molar-refractivity contribution in [3.8, 4) is 0 Å². The lowest BCUT2D eigenvalue weighted by atomic mass is 10.0. The molecule has 3 fully saturated rings. The van der Waals surface area contributed by atoms with Crippen LogP contribution in [0.25, 0.3) is 0 Å². The van der Waals surface area contributed by atoms with Crippen LogP contribution in [0.4, 0.5) is 15.3 Å². The Morgan fingerprint density at radius 2 is 1.78 bits per heavy atom. The largest absolute Gasteiger partial charge is 0.341 e. The highest BCUT2D eigenvalue weighted by Crippen LogP contribution is 2.31. The number of hydrogen-bond acceptors (Lipinski definition) is 3. The monoisotopic (exact) mass is 439 g/mol. The number of carbonyl (C=O) groups excluding carboxylic acids is 3. The van der Waals surface area contributed by atoms with Crippen molar-refractivity contribution in [2.24, 2.45) is 5.92 Å². The minimum absolute atomic E-state index is 0.0635. The number of amides is 5. The van der Waals surface area contributed by atoms with Crippen molar-refractivity contribution < 1.29 is 14.4 Å². The summed E-state index contributed by atoms with van der Waals surface area (Å²) in [5.74, 6) is 0.743. The maximum absolute atomic E-state index is 13.0. The number of carbonyl (C=O) groups is 3. The van der Waals surface area contributed by atoms with E-state index in [1.54, 1.807) is 4.90 Å². The Kier molecular flexibility index (Phi) is 5.93. The smallest absolute Gasteiger partial charge is 0.322 e. The van der Waals surface area contributed by atoms with Crippen LogP contribution in [-0.4, -0.2) is 70.9 Å². The number of benzene rings is 1. The third-order valence-electron chi connectivity index (χ3n) is 7.31. The van der Waals surface area contributed by atoms with Gasteiger partial charge in [0.25, 0.3) is 0 Å². The van der Waals surface area contributed by atoms with Gasteiger partial charge in [-0.2, -0.15) is 0 Å². The van der Waals surface area contributed by atoms with Crippen LogP contribution in [0, 0.1) is 5.92 Å². The van der Waals surface area contributed by atoms with Gasteiger partial charge in [0, 0.05) is 44.5 Å². The lowest BCUT2D eigenvalue weighted by molar-refractivity contribution is -0.133. The first kappa shape index (κ1) is 21.1. The van der Waals surface area contributed by atoms with E-state index < -0.39 is 6.04 Å². The molecule has 5 rings (SSSR count). The molecule has 0 aromatic heterocycles. The predicted molar refractivity (Wildman–Crippen MR) is 121 cm³/mol. The Balaban J connectivity index is 1.14. The molecule has 1 aliphatic carbocycles. The molecule has 5 amide bonds. The van der Waals surface area contributed by atoms with E-state index in [1.807, 2.05) is 34.1 Å². The summed E-state index contributed by atoms with van der Waals surface area (Å²) in [7, 11) is 0. The third kappa shape index (κ3) is 4.54. The van der Waals surface area contributed by atoms with Gasteiger partial charge in [-0.3, -0.25) is 4.79 Å². The van der Waals surface area contributed by atoms with Crippen molar-refractivity contribution in [1.29, 1.82) is 0 Å². The topological polar surface area (TPSA) is 85.0 Å². The number of nitrogens with zero attached hydrogens (tertiary/aromatic N) is 3. The van der Waals surface area contributed by atoms with Crippen LogP contribution < -0.4 is 10.6 Å². The molecule has 0 radical (unpaired) electrons. The first-order valence-electron chi connectivity index (χ1n) is 12.1. The quantitative estimate of drug-likeness (QED) is 0.756. The lowest BCUT2D eigenvalue weighted by Gasteiger charge is -2.40. The van der Waals surface area contributed by atoms with Crippen LogP contribution >= 0.6 is 0 Å². The second-order valence-corrected chi connectivity index (χ2v) is 9.66. The fourth-order valence-electron chi connectivity index (χ4n) is 5.17. The van der Waals surface area contributed by atoms with E-state index in [0.717, 1.165) is 56.4 Å². The number of para-hydroxylation sites is 1. The zero-order valence-electron chi connectivity index (χ0n) is 18.6. The highest BCUT2D eigenvalue weighted by Gasteiger charge is 2.35. The molecule has 8 nitrogen and oxygen atoms in total. The molecular weight excluding hydrogens is 406 g/mol. The number of hydrogen-bond donors (Lipinski definition) is 2. The average Bonchev–Trinajstić information content (AvgIpc) is 3.64. The number of likely N-dealkylation sites (tertiary alicyclic amines) is 2. The fourth-order valence-corrected chi connectivity index (χ4v) is 5.17. The van der Waals surface area contributed by atoms with Gasteiger partial charge >= 0.3 is 12.1 Å². The molecule has 1 saturated carbocycles. The van der Waals surface area contributed by atoms with Crippen molar-refractivity contribution in [3.05, 3.63) is 29.8 Å². The molecular formula is C24H33N5O3. The van der Waals surface area contributed by atoms with E-state index in [4.69, 9.17) is 0 Å². The van der Waals surface area contributed by atoms with Crippen LogP contribution in [0.2, 0.25) is 0 Å². The zero-order chi connectivity index (χ0) is 22.1. The molecule has 172 valence electrons. The molecule has 1 aromatic rings. The molecule has 32 heavy (non-hydrogen) atoms. The Morgan fingerprint density at radius 1 is 1.00 bits per heavy atom. The molecule has 0 spiro atoms. The summed E-state index contributed by atoms with van der Waals surface area (Å²) in [5, 5.41) is 6.00. The maximum atomic E-state index is 13.0. The molecule has 4 aliphatic rings. The number of anilines is 1. The minimum Gasteiger partial charge on any atom is -0.341 e. The van der Waals surface area contributed by atoms with E-state index >= 15 is 0 Å². The zero-order valence-corrected chi connectivity index (χ0v) is 18.6. The molecule has 1 atom stereocenters. The highest BCUT2D eigenvalue weighted by atomic mass is 16.2. The van der Waals surface area contributed by atoms with Crippen molar-refractivity contribution in [3.63, 3.8) is 0 Å². The Bertz CT molecular complexity index is 878. The normalized spacial score (nSPS) is 24.6. The molecule has 3 heterocycles. The predicted octanol–water partition coefficient (Wildman–Crippen LogP) is 3.00. The van der Waals surface area contributed by atoms with E-state index in [-0.39, 0.29) is 24.0 Å². The number of rotatable bonds is 4. The third-order valence-corrected chi connectivity index (χ3v) is 7.31. The number of piperidine rings is 1. The summed E-state index contributed by atoms with van der Waals surface area (Å²) in [4.78, 5) is 44.1. The Labute approximate surface area is 189 Å². The van der Waals surface area contributed by atoms with Gasteiger partial charge in [0.1, 0.15) is 6.04 Å². The fraction of sp³-hybridized carbons (Fsp3) is 0.625. The minimum atomic E-state index is -0.411. The summed E-state index contributed by atoms with van der Waals surface area (Å²) in [5.41, 5.74) is 2.00. The van der Waals surface area contributed by atoms with E-state index in [2.05, 4.69) is 10.6 Å². The van der Waals surface area contributed by atoms with E-state index in [1.165, 1.54) is 12.8 Å². The molecule has 0 unspecified atom stereocenters. The van der Waals surface area contributed by atoms with Gasteiger partial charge in [0.15, 0.2) is 0 Å². The van der Waals surface area contributed by atoms with Crippen LogP contribution in [0.5, 0.6) is 0 Å². The van der Waals surface area contributed by atoms with Crippen LogP contribution in [0.3, 0.4) is 0 Å². The van der Waals surface area contributed by atoms with Gasteiger partial charge < -0.3 is 25.3 Å². The number of urea groups is 2. The van der Waals surface area contributed by atoms with Crippen molar-refractivity contribution in [2.75, 3.05) is 31.5 Å². The summed E-state index contributed by atoms with van der Waals surface area (Å²) >= 11 is 0. The number of fused-ring (bicyclic) bond motifs is 1. The summed E-state index contributed by atoms with van der Waals surface area (Å²) in [6, 6.07) is 7.37. The van der Waals surface area contributed by atoms with Crippen molar-refractivity contribution in [2.45, 2.75) is 63.6 Å². The van der Waals surface area contributed by atoms with Gasteiger partial charge in [0.05, 0.1) is 0 Å². The second-order valence-electron chi connectivity index (χ2n) is 9.66. The first-order valence-corrected chi connectivity index (χ1v) is 12.1. The second kappa shape index (κ2) is 9.00. The summed E-state index contributed by atoms with van der Waals surface area (Å²) in [6.07, 6.45) is 6.62. The highest BCUT2D eigenvalue weighted by molar-refractivity contribution is 5.92.